The Hall–Kier alpha value is -2.86. The van der Waals surface area contributed by atoms with Gasteiger partial charge in [-0.1, -0.05) is 18.2 Å². The van der Waals surface area contributed by atoms with E-state index in [0.29, 0.717) is 16.8 Å². The summed E-state index contributed by atoms with van der Waals surface area (Å²) in [4.78, 5) is 28.4. The minimum atomic E-state index is -0.419. The molecule has 0 radical (unpaired) electrons. The van der Waals surface area contributed by atoms with E-state index in [0.717, 1.165) is 38.4 Å². The molecule has 6 heteroatoms. The van der Waals surface area contributed by atoms with Crippen molar-refractivity contribution in [2.45, 2.75) is 6.92 Å². The van der Waals surface area contributed by atoms with Gasteiger partial charge in [-0.3, -0.25) is 4.79 Å². The molecule has 27 heavy (non-hydrogen) atoms. The van der Waals surface area contributed by atoms with E-state index in [1.165, 1.54) is 7.11 Å². The minimum absolute atomic E-state index is 0.198. The molecule has 1 amide bonds. The second kappa shape index (κ2) is 8.68. The van der Waals surface area contributed by atoms with Crippen LogP contribution in [0.25, 0.3) is 0 Å². The van der Waals surface area contributed by atoms with Gasteiger partial charge in [0.2, 0.25) is 0 Å². The number of ether oxygens (including phenoxy) is 1. The van der Waals surface area contributed by atoms with Gasteiger partial charge in [-0.2, -0.15) is 0 Å². The molecule has 3 rings (SSSR count). The van der Waals surface area contributed by atoms with E-state index < -0.39 is 5.97 Å². The van der Waals surface area contributed by atoms with E-state index in [2.05, 4.69) is 17.1 Å². The summed E-state index contributed by atoms with van der Waals surface area (Å²) in [5, 5.41) is 2.97. The molecule has 2 N–H and O–H groups in total. The number of likely N-dealkylation sites (N-methyl/N-ethyl adjacent to an activating group) is 1. The number of rotatable bonds is 5. The fourth-order valence-corrected chi connectivity index (χ4v) is 3.36. The summed E-state index contributed by atoms with van der Waals surface area (Å²) in [6, 6.07) is 14.4. The number of hydrogen-bond donors (Lipinski definition) is 2. The lowest BCUT2D eigenvalue weighted by atomic mass is 10.1. The number of nitrogens with zero attached hydrogens (tertiary/aromatic N) is 1. The number of quaternary nitrogens is 1. The standard InChI is InChI=1S/C21H25N3O3/c1-3-23-11-13-24(14-12-23)19-10-9-17(21(26)27-2)15-18(19)22-20(25)16-7-5-4-6-8-16/h4-10,15H,3,11-14H2,1-2H3,(H,22,25)/p+1. The Kier molecular flexibility index (Phi) is 6.08. The first-order valence-electron chi connectivity index (χ1n) is 9.29. The van der Waals surface area contributed by atoms with Gasteiger partial charge in [0.15, 0.2) is 0 Å². The number of methoxy groups -OCH3 is 1. The molecule has 0 spiro atoms. The average Bonchev–Trinajstić information content (AvgIpc) is 2.73. The van der Waals surface area contributed by atoms with Crippen LogP contribution in [0.15, 0.2) is 48.5 Å². The minimum Gasteiger partial charge on any atom is -0.465 e. The van der Waals surface area contributed by atoms with Gasteiger partial charge in [0, 0.05) is 5.56 Å². The Balaban J connectivity index is 1.88. The molecule has 6 nitrogen and oxygen atoms in total. The van der Waals surface area contributed by atoms with Gasteiger partial charge in [-0.05, 0) is 37.3 Å². The van der Waals surface area contributed by atoms with Gasteiger partial charge in [0.1, 0.15) is 0 Å². The smallest absolute Gasteiger partial charge is 0.337 e. The normalized spacial score (nSPS) is 14.7. The highest BCUT2D eigenvalue weighted by Gasteiger charge is 2.22. The van der Waals surface area contributed by atoms with Crippen LogP contribution in [-0.4, -0.2) is 51.7 Å². The fourth-order valence-electron chi connectivity index (χ4n) is 3.36. The molecule has 0 bridgehead atoms. The molecule has 0 atom stereocenters. The first-order chi connectivity index (χ1) is 13.1. The van der Waals surface area contributed by atoms with E-state index >= 15 is 0 Å². The first-order valence-corrected chi connectivity index (χ1v) is 9.29. The van der Waals surface area contributed by atoms with Gasteiger partial charge in [0.05, 0.1) is 56.8 Å². The average molecular weight is 368 g/mol. The van der Waals surface area contributed by atoms with E-state index in [9.17, 15) is 9.59 Å². The highest BCUT2D eigenvalue weighted by molar-refractivity contribution is 6.06. The molecule has 1 saturated heterocycles. The highest BCUT2D eigenvalue weighted by Crippen LogP contribution is 2.28. The zero-order chi connectivity index (χ0) is 19.2. The second-order valence-electron chi connectivity index (χ2n) is 6.63. The summed E-state index contributed by atoms with van der Waals surface area (Å²) >= 11 is 0. The van der Waals surface area contributed by atoms with Crippen LogP contribution >= 0.6 is 0 Å². The van der Waals surface area contributed by atoms with Crippen LogP contribution in [0.3, 0.4) is 0 Å². The summed E-state index contributed by atoms with van der Waals surface area (Å²) in [6.45, 7) is 7.25. The van der Waals surface area contributed by atoms with Gasteiger partial charge in [-0.15, -0.1) is 0 Å². The zero-order valence-electron chi connectivity index (χ0n) is 15.8. The van der Waals surface area contributed by atoms with Crippen LogP contribution in [0.5, 0.6) is 0 Å². The quantitative estimate of drug-likeness (QED) is 0.785. The van der Waals surface area contributed by atoms with Crippen LogP contribution in [-0.2, 0) is 4.74 Å². The fraction of sp³-hybridized carbons (Fsp3) is 0.333. The number of esters is 1. The molecule has 0 saturated carbocycles. The van der Waals surface area contributed by atoms with Crippen molar-refractivity contribution < 1.29 is 19.2 Å². The number of nitrogens with one attached hydrogen (secondary N) is 2. The molecular weight excluding hydrogens is 342 g/mol. The largest absolute Gasteiger partial charge is 0.465 e. The maximum atomic E-state index is 12.6. The van der Waals surface area contributed by atoms with Crippen LogP contribution in [0.1, 0.15) is 27.6 Å². The third-order valence-corrected chi connectivity index (χ3v) is 5.01. The molecule has 142 valence electrons. The summed E-state index contributed by atoms with van der Waals surface area (Å²) in [6.07, 6.45) is 0. The predicted octanol–water partition coefficient (Wildman–Crippen LogP) is 1.45. The SMILES string of the molecule is CC[NH+]1CCN(c2ccc(C(=O)OC)cc2NC(=O)c2ccccc2)CC1. The molecule has 1 aliphatic rings. The lowest BCUT2D eigenvalue weighted by Gasteiger charge is -2.34. The predicted molar refractivity (Wildman–Crippen MR) is 106 cm³/mol. The van der Waals surface area contributed by atoms with Crippen LogP contribution < -0.4 is 15.1 Å². The molecule has 0 aliphatic carbocycles. The van der Waals surface area contributed by atoms with Crippen molar-refractivity contribution in [1.82, 2.24) is 0 Å². The van der Waals surface area contributed by atoms with Crippen LogP contribution in [0.2, 0.25) is 0 Å². The molecular formula is C21H26N3O3+. The second-order valence-corrected chi connectivity index (χ2v) is 6.63. The number of carbonyl (C=O) groups is 2. The summed E-state index contributed by atoms with van der Waals surface area (Å²) in [5.74, 6) is -0.617. The van der Waals surface area contributed by atoms with E-state index in [1.807, 2.05) is 24.3 Å². The number of anilines is 2. The van der Waals surface area contributed by atoms with E-state index in [-0.39, 0.29) is 5.91 Å². The Morgan fingerprint density at radius 1 is 1.07 bits per heavy atom. The summed E-state index contributed by atoms with van der Waals surface area (Å²) in [7, 11) is 1.35. The number of carbonyl (C=O) groups excluding carboxylic acids is 2. The number of amides is 1. The number of benzene rings is 2. The first kappa shape index (κ1) is 18.9. The van der Waals surface area contributed by atoms with Crippen molar-refractivity contribution in [2.24, 2.45) is 0 Å². The van der Waals surface area contributed by atoms with Gasteiger partial charge in [-0.25, -0.2) is 4.79 Å². The maximum Gasteiger partial charge on any atom is 0.337 e. The van der Waals surface area contributed by atoms with Crippen molar-refractivity contribution in [3.63, 3.8) is 0 Å². The summed E-state index contributed by atoms with van der Waals surface area (Å²) in [5.41, 5.74) is 2.56. The molecule has 2 aromatic carbocycles. The third kappa shape index (κ3) is 4.46. The third-order valence-electron chi connectivity index (χ3n) is 5.01. The molecule has 0 unspecified atom stereocenters. The molecule has 1 fully saturated rings. The van der Waals surface area contributed by atoms with Crippen molar-refractivity contribution in [3.8, 4) is 0 Å². The molecule has 0 aromatic heterocycles. The Labute approximate surface area is 159 Å². The maximum absolute atomic E-state index is 12.6. The highest BCUT2D eigenvalue weighted by atomic mass is 16.5. The zero-order valence-corrected chi connectivity index (χ0v) is 15.8. The van der Waals surface area contributed by atoms with Crippen molar-refractivity contribution >= 4 is 23.3 Å². The lowest BCUT2D eigenvalue weighted by Crippen LogP contribution is -3.14. The van der Waals surface area contributed by atoms with Crippen LogP contribution in [0, 0.1) is 0 Å². The Bertz CT molecular complexity index is 800. The summed E-state index contributed by atoms with van der Waals surface area (Å²) < 4.78 is 4.83. The topological polar surface area (TPSA) is 63.1 Å². The van der Waals surface area contributed by atoms with E-state index in [1.54, 1.807) is 29.2 Å². The molecule has 1 aliphatic heterocycles. The van der Waals surface area contributed by atoms with E-state index in [4.69, 9.17) is 4.74 Å². The van der Waals surface area contributed by atoms with Crippen LogP contribution in [0.4, 0.5) is 11.4 Å². The number of piperazine rings is 1. The lowest BCUT2D eigenvalue weighted by molar-refractivity contribution is -0.898. The van der Waals surface area contributed by atoms with Gasteiger partial charge < -0.3 is 19.9 Å². The van der Waals surface area contributed by atoms with Crippen molar-refractivity contribution in [2.75, 3.05) is 50.1 Å². The Morgan fingerprint density at radius 2 is 1.78 bits per heavy atom. The van der Waals surface area contributed by atoms with Gasteiger partial charge in [0.25, 0.3) is 5.91 Å². The van der Waals surface area contributed by atoms with Crippen molar-refractivity contribution in [1.29, 1.82) is 0 Å². The van der Waals surface area contributed by atoms with Crippen molar-refractivity contribution in [3.05, 3.63) is 59.7 Å². The monoisotopic (exact) mass is 368 g/mol. The number of hydrogen-bond acceptors (Lipinski definition) is 4. The Morgan fingerprint density at radius 3 is 2.41 bits per heavy atom. The molecule has 1 heterocycles. The van der Waals surface area contributed by atoms with Gasteiger partial charge >= 0.3 is 5.97 Å². The molecule has 2 aromatic rings.